The number of halogens is 3. The normalized spacial score (nSPS) is 10.5. The SMILES string of the molecule is O=C(CCc1ccc(F)c(F)c1F)Nc1cccc(-c2ccc(C(=O)NO)cc2)c1. The van der Waals surface area contributed by atoms with Gasteiger partial charge in [0.25, 0.3) is 5.91 Å². The predicted octanol–water partition coefficient (Wildman–Crippen LogP) is 4.46. The highest BCUT2D eigenvalue weighted by Gasteiger charge is 2.14. The maximum absolute atomic E-state index is 13.7. The summed E-state index contributed by atoms with van der Waals surface area (Å²) < 4.78 is 39.9. The minimum absolute atomic E-state index is 0.0789. The zero-order valence-electron chi connectivity index (χ0n) is 15.6. The van der Waals surface area contributed by atoms with Crippen LogP contribution in [-0.4, -0.2) is 17.0 Å². The lowest BCUT2D eigenvalue weighted by molar-refractivity contribution is -0.116. The Hall–Kier alpha value is -3.65. The molecule has 3 N–H and O–H groups in total. The molecule has 3 rings (SSSR count). The van der Waals surface area contributed by atoms with E-state index in [0.29, 0.717) is 5.69 Å². The summed E-state index contributed by atoms with van der Waals surface area (Å²) >= 11 is 0. The largest absolute Gasteiger partial charge is 0.326 e. The molecule has 154 valence electrons. The Labute approximate surface area is 170 Å². The van der Waals surface area contributed by atoms with Crippen molar-refractivity contribution in [1.29, 1.82) is 0 Å². The molecule has 8 heteroatoms. The summed E-state index contributed by atoms with van der Waals surface area (Å²) in [5, 5.41) is 11.3. The topological polar surface area (TPSA) is 78.4 Å². The van der Waals surface area contributed by atoms with Gasteiger partial charge < -0.3 is 5.32 Å². The molecule has 0 bridgehead atoms. The standard InChI is InChI=1S/C22H17F3N2O3/c23-18-10-8-14(20(24)21(18)25)9-11-19(28)26-17-3-1-2-16(12-17)13-4-6-15(7-5-13)22(29)27-30/h1-8,10,12,30H,9,11H2,(H,26,28)(H,27,29). The summed E-state index contributed by atoms with van der Waals surface area (Å²) in [7, 11) is 0. The van der Waals surface area contributed by atoms with Gasteiger partial charge in [-0.15, -0.1) is 0 Å². The van der Waals surface area contributed by atoms with Crippen LogP contribution in [0.1, 0.15) is 22.3 Å². The molecule has 30 heavy (non-hydrogen) atoms. The number of carbonyl (C=O) groups excluding carboxylic acids is 2. The van der Waals surface area contributed by atoms with E-state index in [2.05, 4.69) is 5.32 Å². The van der Waals surface area contributed by atoms with Crippen molar-refractivity contribution in [2.24, 2.45) is 0 Å². The molecule has 5 nitrogen and oxygen atoms in total. The van der Waals surface area contributed by atoms with Gasteiger partial charge in [0.15, 0.2) is 17.5 Å². The van der Waals surface area contributed by atoms with Gasteiger partial charge in [0.2, 0.25) is 5.91 Å². The molecule has 0 fully saturated rings. The summed E-state index contributed by atoms with van der Waals surface area (Å²) in [5.74, 6) is -5.15. The maximum Gasteiger partial charge on any atom is 0.274 e. The smallest absolute Gasteiger partial charge is 0.274 e. The summed E-state index contributed by atoms with van der Waals surface area (Å²) in [6.07, 6.45) is -0.194. The molecule has 0 aromatic heterocycles. The van der Waals surface area contributed by atoms with Crippen molar-refractivity contribution < 1.29 is 28.0 Å². The minimum Gasteiger partial charge on any atom is -0.326 e. The first-order valence-electron chi connectivity index (χ1n) is 8.96. The molecule has 0 saturated carbocycles. The second-order valence-corrected chi connectivity index (χ2v) is 6.48. The van der Waals surface area contributed by atoms with Crippen LogP contribution < -0.4 is 10.8 Å². The Kier molecular flexibility index (Phi) is 6.48. The summed E-state index contributed by atoms with van der Waals surface area (Å²) in [4.78, 5) is 23.6. The fourth-order valence-electron chi connectivity index (χ4n) is 2.89. The van der Waals surface area contributed by atoms with Crippen LogP contribution in [0.2, 0.25) is 0 Å². The number of hydrogen-bond acceptors (Lipinski definition) is 3. The molecule has 0 radical (unpaired) electrons. The summed E-state index contributed by atoms with van der Waals surface area (Å²) in [6, 6.07) is 15.3. The third-order valence-corrected chi connectivity index (χ3v) is 4.46. The van der Waals surface area contributed by atoms with E-state index in [1.165, 1.54) is 0 Å². The Morgan fingerprint density at radius 1 is 0.867 bits per heavy atom. The van der Waals surface area contributed by atoms with Crippen molar-refractivity contribution in [1.82, 2.24) is 5.48 Å². The quantitative estimate of drug-likeness (QED) is 0.317. The van der Waals surface area contributed by atoms with Crippen molar-refractivity contribution in [2.45, 2.75) is 12.8 Å². The zero-order valence-corrected chi connectivity index (χ0v) is 15.6. The lowest BCUT2D eigenvalue weighted by Gasteiger charge is -2.09. The second-order valence-electron chi connectivity index (χ2n) is 6.48. The number of benzene rings is 3. The van der Waals surface area contributed by atoms with E-state index < -0.39 is 29.3 Å². The Balaban J connectivity index is 1.65. The second kappa shape index (κ2) is 9.23. The first-order valence-corrected chi connectivity index (χ1v) is 8.96. The van der Waals surface area contributed by atoms with Gasteiger partial charge in [0.05, 0.1) is 0 Å². The molecular formula is C22H17F3N2O3. The maximum atomic E-state index is 13.7. The van der Waals surface area contributed by atoms with Crippen molar-refractivity contribution in [3.8, 4) is 11.1 Å². The fraction of sp³-hybridized carbons (Fsp3) is 0.0909. The number of carbonyl (C=O) groups is 2. The van der Waals surface area contributed by atoms with Gasteiger partial charge in [0.1, 0.15) is 0 Å². The Morgan fingerprint density at radius 2 is 1.60 bits per heavy atom. The highest BCUT2D eigenvalue weighted by Crippen LogP contribution is 2.23. The van der Waals surface area contributed by atoms with Gasteiger partial charge in [-0.05, 0) is 53.4 Å². The van der Waals surface area contributed by atoms with Crippen molar-refractivity contribution in [3.63, 3.8) is 0 Å². The predicted molar refractivity (Wildman–Crippen MR) is 104 cm³/mol. The number of aryl methyl sites for hydroxylation is 1. The number of nitrogens with one attached hydrogen (secondary N) is 2. The number of amides is 2. The van der Waals surface area contributed by atoms with Gasteiger partial charge in [-0.1, -0.05) is 30.3 Å². The number of hydrogen-bond donors (Lipinski definition) is 3. The Bertz CT molecular complexity index is 1090. The molecule has 0 unspecified atom stereocenters. The first kappa shape index (κ1) is 21.1. The van der Waals surface area contributed by atoms with Crippen LogP contribution in [0, 0.1) is 17.5 Å². The molecule has 3 aromatic carbocycles. The van der Waals surface area contributed by atoms with Crippen LogP contribution in [0.15, 0.2) is 60.7 Å². The number of hydroxylamine groups is 1. The molecule has 0 heterocycles. The molecular weight excluding hydrogens is 397 g/mol. The minimum atomic E-state index is -1.55. The molecule has 0 spiro atoms. The van der Waals surface area contributed by atoms with E-state index in [1.807, 2.05) is 6.07 Å². The Morgan fingerprint density at radius 3 is 2.30 bits per heavy atom. The molecule has 0 saturated heterocycles. The van der Waals surface area contributed by atoms with E-state index in [0.717, 1.165) is 23.3 Å². The molecule has 0 aliphatic heterocycles. The molecule has 0 aliphatic rings. The molecule has 2 amide bonds. The van der Waals surface area contributed by atoms with Gasteiger partial charge in [-0.3, -0.25) is 14.8 Å². The number of anilines is 1. The van der Waals surface area contributed by atoms with E-state index in [-0.39, 0.29) is 24.0 Å². The fourth-order valence-corrected chi connectivity index (χ4v) is 2.89. The summed E-state index contributed by atoms with van der Waals surface area (Å²) in [6.45, 7) is 0. The van der Waals surface area contributed by atoms with E-state index in [9.17, 15) is 22.8 Å². The van der Waals surface area contributed by atoms with Crippen LogP contribution in [0.25, 0.3) is 11.1 Å². The van der Waals surface area contributed by atoms with Crippen LogP contribution >= 0.6 is 0 Å². The van der Waals surface area contributed by atoms with Crippen LogP contribution in [0.5, 0.6) is 0 Å². The third kappa shape index (κ3) is 4.84. The lowest BCUT2D eigenvalue weighted by Crippen LogP contribution is -2.18. The van der Waals surface area contributed by atoms with Crippen molar-refractivity contribution >= 4 is 17.5 Å². The highest BCUT2D eigenvalue weighted by molar-refractivity contribution is 5.94. The van der Waals surface area contributed by atoms with Crippen LogP contribution in [0.4, 0.5) is 18.9 Å². The van der Waals surface area contributed by atoms with Crippen LogP contribution in [0.3, 0.4) is 0 Å². The lowest BCUT2D eigenvalue weighted by atomic mass is 10.0. The number of rotatable bonds is 6. The van der Waals surface area contributed by atoms with Gasteiger partial charge >= 0.3 is 0 Å². The molecule has 0 atom stereocenters. The highest BCUT2D eigenvalue weighted by atomic mass is 19.2. The van der Waals surface area contributed by atoms with Crippen molar-refractivity contribution in [2.75, 3.05) is 5.32 Å². The third-order valence-electron chi connectivity index (χ3n) is 4.46. The van der Waals surface area contributed by atoms with E-state index in [1.54, 1.807) is 47.9 Å². The monoisotopic (exact) mass is 414 g/mol. The average molecular weight is 414 g/mol. The first-order chi connectivity index (χ1) is 14.4. The average Bonchev–Trinajstić information content (AvgIpc) is 2.76. The van der Waals surface area contributed by atoms with Crippen molar-refractivity contribution in [3.05, 3.63) is 89.2 Å². The van der Waals surface area contributed by atoms with Gasteiger partial charge in [-0.2, -0.15) is 0 Å². The van der Waals surface area contributed by atoms with Gasteiger partial charge in [-0.25, -0.2) is 18.7 Å². The van der Waals surface area contributed by atoms with E-state index >= 15 is 0 Å². The molecule has 0 aliphatic carbocycles. The zero-order chi connectivity index (χ0) is 21.7. The van der Waals surface area contributed by atoms with E-state index in [4.69, 9.17) is 5.21 Å². The summed E-state index contributed by atoms with van der Waals surface area (Å²) in [5.41, 5.74) is 3.82. The molecule has 3 aromatic rings. The van der Waals surface area contributed by atoms with Crippen LogP contribution in [-0.2, 0) is 11.2 Å². The van der Waals surface area contributed by atoms with Gasteiger partial charge in [0, 0.05) is 17.7 Å².